The van der Waals surface area contributed by atoms with E-state index in [1.807, 2.05) is 54.6 Å². The lowest BCUT2D eigenvalue weighted by Crippen LogP contribution is -1.97. The molecule has 0 aliphatic rings. The van der Waals surface area contributed by atoms with Crippen LogP contribution in [0.4, 0.5) is 4.39 Å². The summed E-state index contributed by atoms with van der Waals surface area (Å²) in [5.41, 5.74) is 1.67. The fourth-order valence-corrected chi connectivity index (χ4v) is 2.47. The quantitative estimate of drug-likeness (QED) is 0.575. The van der Waals surface area contributed by atoms with E-state index in [4.69, 9.17) is 11.6 Å². The van der Waals surface area contributed by atoms with Gasteiger partial charge in [-0.25, -0.2) is 4.39 Å². The third kappa shape index (κ3) is 2.83. The third-order valence-electron chi connectivity index (χ3n) is 3.46. The average molecular weight is 285 g/mol. The van der Waals surface area contributed by atoms with Crippen LogP contribution >= 0.6 is 11.6 Å². The number of fused-ring (bicyclic) bond motifs is 1. The molecule has 0 bridgehead atoms. The van der Waals surface area contributed by atoms with E-state index in [9.17, 15) is 4.39 Å². The summed E-state index contributed by atoms with van der Waals surface area (Å²) >= 11 is 5.84. The maximum atomic E-state index is 14.4. The molecule has 0 saturated carbocycles. The number of alkyl halides is 1. The van der Waals surface area contributed by atoms with Crippen LogP contribution in [0.3, 0.4) is 0 Å². The number of halogens is 2. The van der Waals surface area contributed by atoms with Crippen LogP contribution in [0.25, 0.3) is 10.8 Å². The third-order valence-corrected chi connectivity index (χ3v) is 3.72. The molecule has 0 N–H and O–H groups in total. The van der Waals surface area contributed by atoms with Crippen LogP contribution in [-0.4, -0.2) is 0 Å². The Morgan fingerprint density at radius 2 is 1.55 bits per heavy atom. The Morgan fingerprint density at radius 1 is 0.850 bits per heavy atom. The van der Waals surface area contributed by atoms with Crippen LogP contribution in [0.2, 0.25) is 5.02 Å². The number of hydrogen-bond donors (Lipinski definition) is 0. The Kier molecular flexibility index (Phi) is 3.70. The maximum Gasteiger partial charge on any atom is 0.129 e. The molecular formula is C18H14ClF. The maximum absolute atomic E-state index is 14.4. The van der Waals surface area contributed by atoms with Gasteiger partial charge in [0.15, 0.2) is 0 Å². The zero-order valence-electron chi connectivity index (χ0n) is 10.9. The zero-order chi connectivity index (χ0) is 13.9. The first kappa shape index (κ1) is 13.1. The SMILES string of the molecule is FC(Cc1ccc(Cl)cc1)c1ccc2ccccc2c1. The molecule has 20 heavy (non-hydrogen) atoms. The van der Waals surface area contributed by atoms with Gasteiger partial charge >= 0.3 is 0 Å². The molecule has 3 rings (SSSR count). The average Bonchev–Trinajstić information content (AvgIpc) is 2.49. The summed E-state index contributed by atoms with van der Waals surface area (Å²) in [4.78, 5) is 0. The van der Waals surface area contributed by atoms with Crippen LogP contribution in [0.15, 0.2) is 66.7 Å². The first-order valence-electron chi connectivity index (χ1n) is 6.59. The molecular weight excluding hydrogens is 271 g/mol. The summed E-state index contributed by atoms with van der Waals surface area (Å²) in [6.07, 6.45) is -0.629. The molecule has 0 aliphatic heterocycles. The Labute approximate surface area is 122 Å². The molecule has 0 aromatic heterocycles. The van der Waals surface area contributed by atoms with Crippen molar-refractivity contribution >= 4 is 22.4 Å². The molecule has 0 heterocycles. The van der Waals surface area contributed by atoms with Gasteiger partial charge in [-0.3, -0.25) is 0 Å². The van der Waals surface area contributed by atoms with Gasteiger partial charge in [0.25, 0.3) is 0 Å². The van der Waals surface area contributed by atoms with Gasteiger partial charge in [0.2, 0.25) is 0 Å². The highest BCUT2D eigenvalue weighted by atomic mass is 35.5. The smallest absolute Gasteiger partial charge is 0.129 e. The van der Waals surface area contributed by atoms with Crippen molar-refractivity contribution in [3.05, 3.63) is 82.9 Å². The molecule has 0 amide bonds. The molecule has 1 atom stereocenters. The highest BCUT2D eigenvalue weighted by Crippen LogP contribution is 2.26. The van der Waals surface area contributed by atoms with Gasteiger partial charge in [-0.2, -0.15) is 0 Å². The summed E-state index contributed by atoms with van der Waals surface area (Å²) in [7, 11) is 0. The van der Waals surface area contributed by atoms with E-state index in [2.05, 4.69) is 0 Å². The van der Waals surface area contributed by atoms with Crippen LogP contribution in [0.5, 0.6) is 0 Å². The van der Waals surface area contributed by atoms with Crippen molar-refractivity contribution in [2.75, 3.05) is 0 Å². The molecule has 0 fully saturated rings. The van der Waals surface area contributed by atoms with Crippen molar-refractivity contribution < 1.29 is 4.39 Å². The summed E-state index contributed by atoms with van der Waals surface area (Å²) in [5, 5.41) is 2.88. The largest absolute Gasteiger partial charge is 0.242 e. The van der Waals surface area contributed by atoms with Crippen molar-refractivity contribution in [3.63, 3.8) is 0 Å². The number of benzene rings is 3. The fourth-order valence-electron chi connectivity index (χ4n) is 2.35. The Morgan fingerprint density at radius 3 is 2.30 bits per heavy atom. The molecule has 3 aromatic carbocycles. The van der Waals surface area contributed by atoms with Gasteiger partial charge < -0.3 is 0 Å². The minimum atomic E-state index is -0.999. The van der Waals surface area contributed by atoms with Crippen molar-refractivity contribution in [2.24, 2.45) is 0 Å². The van der Waals surface area contributed by atoms with Crippen molar-refractivity contribution in [1.29, 1.82) is 0 Å². The number of hydrogen-bond acceptors (Lipinski definition) is 0. The Balaban J connectivity index is 1.84. The molecule has 2 heteroatoms. The topological polar surface area (TPSA) is 0 Å². The fraction of sp³-hybridized carbons (Fsp3) is 0.111. The van der Waals surface area contributed by atoms with Crippen LogP contribution in [0.1, 0.15) is 17.3 Å². The first-order chi connectivity index (χ1) is 9.72. The van der Waals surface area contributed by atoms with Crippen LogP contribution in [0, 0.1) is 0 Å². The monoisotopic (exact) mass is 284 g/mol. The second kappa shape index (κ2) is 5.64. The van der Waals surface area contributed by atoms with Gasteiger partial charge in [0.1, 0.15) is 6.17 Å². The van der Waals surface area contributed by atoms with Crippen molar-refractivity contribution in [2.45, 2.75) is 12.6 Å². The molecule has 0 saturated heterocycles. The summed E-state index contributed by atoms with van der Waals surface area (Å²) < 4.78 is 14.4. The lowest BCUT2D eigenvalue weighted by molar-refractivity contribution is 0.342. The lowest BCUT2D eigenvalue weighted by Gasteiger charge is -2.10. The van der Waals surface area contributed by atoms with Gasteiger partial charge in [-0.1, -0.05) is 60.1 Å². The van der Waals surface area contributed by atoms with Gasteiger partial charge in [-0.15, -0.1) is 0 Å². The molecule has 3 aromatic rings. The predicted octanol–water partition coefficient (Wildman–Crippen LogP) is 5.75. The molecule has 0 nitrogen and oxygen atoms in total. The Bertz CT molecular complexity index is 719. The van der Waals surface area contributed by atoms with Crippen LogP contribution in [-0.2, 0) is 6.42 Å². The summed E-state index contributed by atoms with van der Waals surface area (Å²) in [6.45, 7) is 0. The van der Waals surface area contributed by atoms with Gasteiger partial charge in [-0.05, 0) is 40.1 Å². The molecule has 1 unspecified atom stereocenters. The minimum Gasteiger partial charge on any atom is -0.242 e. The Hall–Kier alpha value is -1.86. The highest BCUT2D eigenvalue weighted by molar-refractivity contribution is 6.30. The van der Waals surface area contributed by atoms with E-state index < -0.39 is 6.17 Å². The van der Waals surface area contributed by atoms with E-state index in [0.29, 0.717) is 11.4 Å². The molecule has 100 valence electrons. The van der Waals surface area contributed by atoms with E-state index in [0.717, 1.165) is 21.9 Å². The van der Waals surface area contributed by atoms with E-state index >= 15 is 0 Å². The second-order valence-corrected chi connectivity index (χ2v) is 5.34. The lowest BCUT2D eigenvalue weighted by atomic mass is 10.00. The van der Waals surface area contributed by atoms with E-state index in [-0.39, 0.29) is 0 Å². The normalized spacial score (nSPS) is 12.5. The number of rotatable bonds is 3. The van der Waals surface area contributed by atoms with E-state index in [1.165, 1.54) is 0 Å². The molecule has 0 radical (unpaired) electrons. The predicted molar refractivity (Wildman–Crippen MR) is 83.0 cm³/mol. The molecule has 0 aliphatic carbocycles. The highest BCUT2D eigenvalue weighted by Gasteiger charge is 2.11. The minimum absolute atomic E-state index is 0.371. The molecule has 0 spiro atoms. The second-order valence-electron chi connectivity index (χ2n) is 4.90. The standard InChI is InChI=1S/C18H14ClF/c19-17-9-5-13(6-10-17)11-18(20)16-8-7-14-3-1-2-4-15(14)12-16/h1-10,12,18H,11H2. The summed E-state index contributed by atoms with van der Waals surface area (Å²) in [6, 6.07) is 21.1. The van der Waals surface area contributed by atoms with Gasteiger partial charge in [0.05, 0.1) is 0 Å². The summed E-state index contributed by atoms with van der Waals surface area (Å²) in [5.74, 6) is 0. The zero-order valence-corrected chi connectivity index (χ0v) is 11.6. The van der Waals surface area contributed by atoms with Crippen LogP contribution < -0.4 is 0 Å². The first-order valence-corrected chi connectivity index (χ1v) is 6.97. The van der Waals surface area contributed by atoms with Crippen molar-refractivity contribution in [1.82, 2.24) is 0 Å². The van der Waals surface area contributed by atoms with Gasteiger partial charge in [0, 0.05) is 11.4 Å². The van der Waals surface area contributed by atoms with E-state index in [1.54, 1.807) is 12.1 Å². The van der Waals surface area contributed by atoms with Crippen molar-refractivity contribution in [3.8, 4) is 0 Å².